The van der Waals surface area contributed by atoms with Crippen molar-refractivity contribution in [3.63, 3.8) is 0 Å². The summed E-state index contributed by atoms with van der Waals surface area (Å²) in [6, 6.07) is 3.42. The highest BCUT2D eigenvalue weighted by atomic mass is 32.1. The van der Waals surface area contributed by atoms with E-state index in [4.69, 9.17) is 4.98 Å². The van der Waals surface area contributed by atoms with Crippen molar-refractivity contribution in [2.75, 3.05) is 29.9 Å². The number of nitrogens with one attached hydrogen (secondary N) is 2. The number of carboxylic acids is 1. The number of carbonyl (C=O) groups excluding carboxylic acids is 1. The van der Waals surface area contributed by atoms with Crippen molar-refractivity contribution >= 4 is 34.2 Å². The van der Waals surface area contributed by atoms with Crippen LogP contribution in [0, 0.1) is 5.92 Å². The van der Waals surface area contributed by atoms with Crippen LogP contribution in [0.15, 0.2) is 23.7 Å². The lowest BCUT2D eigenvalue weighted by Crippen LogP contribution is -2.43. The normalized spacial score (nSPS) is 13.7. The second-order valence-electron chi connectivity index (χ2n) is 9.23. The van der Waals surface area contributed by atoms with Gasteiger partial charge in [0.25, 0.3) is 0 Å². The van der Waals surface area contributed by atoms with Crippen molar-refractivity contribution in [3.05, 3.63) is 35.0 Å². The minimum atomic E-state index is -0.992. The Kier molecular flexibility index (Phi) is 10.8. The number of carboxylic acid groups (broad SMARTS) is 1. The van der Waals surface area contributed by atoms with Crippen LogP contribution in [0.3, 0.4) is 0 Å². The molecule has 0 saturated heterocycles. The lowest BCUT2D eigenvalue weighted by molar-refractivity contribution is -0.142. The zero-order valence-electron chi connectivity index (χ0n) is 21.0. The van der Waals surface area contributed by atoms with Gasteiger partial charge in [0.1, 0.15) is 11.9 Å². The molecule has 1 aliphatic heterocycles. The molecule has 3 heterocycles. The number of pyridine rings is 1. The number of aromatic nitrogens is 2. The Morgan fingerprint density at radius 2 is 2.06 bits per heavy atom. The molecule has 1 atom stereocenters. The van der Waals surface area contributed by atoms with Crippen LogP contribution in [-0.4, -0.2) is 52.6 Å². The van der Waals surface area contributed by atoms with Crippen molar-refractivity contribution in [2.45, 2.75) is 77.7 Å². The number of rotatable bonds is 15. The summed E-state index contributed by atoms with van der Waals surface area (Å²) in [5.41, 5.74) is 2.40. The molecule has 0 aliphatic carbocycles. The van der Waals surface area contributed by atoms with E-state index in [2.05, 4.69) is 46.5 Å². The fourth-order valence-electron chi connectivity index (χ4n) is 4.43. The highest BCUT2D eigenvalue weighted by Crippen LogP contribution is 2.22. The van der Waals surface area contributed by atoms with Gasteiger partial charge in [-0.15, -0.1) is 11.3 Å². The molecule has 0 saturated carbocycles. The molecule has 35 heavy (non-hydrogen) atoms. The number of carbonyl (C=O) groups is 2. The first kappa shape index (κ1) is 26.9. The van der Waals surface area contributed by atoms with E-state index in [1.165, 1.54) is 5.56 Å². The number of unbranched alkanes of at least 4 members (excludes halogenated alkanes) is 1. The van der Waals surface area contributed by atoms with Gasteiger partial charge in [-0.1, -0.05) is 32.8 Å². The fourth-order valence-corrected chi connectivity index (χ4v) is 5.12. The summed E-state index contributed by atoms with van der Waals surface area (Å²) < 4.78 is 0. The predicted molar refractivity (Wildman–Crippen MR) is 141 cm³/mol. The van der Waals surface area contributed by atoms with Crippen molar-refractivity contribution < 1.29 is 14.7 Å². The summed E-state index contributed by atoms with van der Waals surface area (Å²) in [4.78, 5) is 35.6. The van der Waals surface area contributed by atoms with Crippen LogP contribution in [0.1, 0.15) is 70.1 Å². The third-order valence-electron chi connectivity index (χ3n) is 6.70. The van der Waals surface area contributed by atoms with Crippen LogP contribution in [0.4, 0.5) is 10.9 Å². The monoisotopic (exact) mass is 501 g/mol. The maximum atomic E-state index is 12.4. The molecule has 0 bridgehead atoms. The number of thiazole rings is 1. The highest BCUT2D eigenvalue weighted by Gasteiger charge is 2.23. The van der Waals surface area contributed by atoms with Gasteiger partial charge in [-0.3, -0.25) is 4.79 Å². The second kappa shape index (κ2) is 14.0. The van der Waals surface area contributed by atoms with Crippen LogP contribution in [0.25, 0.3) is 0 Å². The smallest absolute Gasteiger partial charge is 0.326 e. The first-order valence-electron chi connectivity index (χ1n) is 12.9. The molecule has 2 aromatic heterocycles. The van der Waals surface area contributed by atoms with Crippen LogP contribution < -0.4 is 15.5 Å². The molecule has 0 fully saturated rings. The van der Waals surface area contributed by atoms with Crippen LogP contribution in [-0.2, 0) is 22.4 Å². The van der Waals surface area contributed by atoms with E-state index in [9.17, 15) is 14.7 Å². The number of amides is 1. The molecular formula is C26H39N5O3S. The molecule has 1 aliphatic rings. The van der Waals surface area contributed by atoms with Crippen LogP contribution in [0.5, 0.6) is 0 Å². The van der Waals surface area contributed by atoms with E-state index in [1.54, 1.807) is 17.5 Å². The molecule has 192 valence electrons. The number of anilines is 2. The van der Waals surface area contributed by atoms with Gasteiger partial charge >= 0.3 is 5.97 Å². The minimum absolute atomic E-state index is 0.182. The summed E-state index contributed by atoms with van der Waals surface area (Å²) >= 11 is 1.55. The molecule has 3 rings (SSSR count). The zero-order chi connectivity index (χ0) is 25.0. The Balaban J connectivity index is 1.50. The maximum Gasteiger partial charge on any atom is 0.326 e. The Morgan fingerprint density at radius 1 is 1.23 bits per heavy atom. The summed E-state index contributed by atoms with van der Waals surface area (Å²) in [6.45, 7) is 6.41. The summed E-state index contributed by atoms with van der Waals surface area (Å²) in [5.74, 6) is 0.147. The number of fused-ring (bicyclic) bond motifs is 1. The van der Waals surface area contributed by atoms with Gasteiger partial charge in [-0.25, -0.2) is 14.8 Å². The molecule has 2 aromatic rings. The zero-order valence-corrected chi connectivity index (χ0v) is 21.8. The number of nitrogens with zero attached hydrogens (tertiary/aromatic N) is 3. The standard InChI is InChI=1S/C26H39N5O3S/c1-3-19(4-2)18-23(32)30-22(25(33)34)12-16-31(26-28-14-17-35-26)15-6-5-9-21-11-10-20-8-7-13-27-24(20)29-21/h10-11,14,17,19,22H,3-9,12-13,15-16,18H2,1-2H3,(H,27,29)(H,30,32)(H,33,34). The van der Waals surface area contributed by atoms with E-state index in [1.807, 2.05) is 5.38 Å². The molecular weight excluding hydrogens is 462 g/mol. The molecule has 0 aromatic carbocycles. The SMILES string of the molecule is CCC(CC)CC(=O)NC(CCN(CCCCc1ccc2c(n1)NCCC2)c1nccs1)C(=O)O. The Hall–Kier alpha value is -2.68. The lowest BCUT2D eigenvalue weighted by Gasteiger charge is -2.24. The molecule has 0 radical (unpaired) electrons. The molecule has 0 spiro atoms. The third-order valence-corrected chi connectivity index (χ3v) is 7.53. The quantitative estimate of drug-likeness (QED) is 0.308. The van der Waals surface area contributed by atoms with E-state index >= 15 is 0 Å². The average molecular weight is 502 g/mol. The summed E-state index contributed by atoms with van der Waals surface area (Å²) in [5, 5.41) is 18.6. The minimum Gasteiger partial charge on any atom is -0.480 e. The van der Waals surface area contributed by atoms with E-state index in [-0.39, 0.29) is 11.8 Å². The maximum absolute atomic E-state index is 12.4. The molecule has 1 amide bonds. The molecule has 3 N–H and O–H groups in total. The van der Waals surface area contributed by atoms with Gasteiger partial charge in [-0.05, 0) is 56.1 Å². The Bertz CT molecular complexity index is 933. The number of aliphatic carboxylic acids is 1. The largest absolute Gasteiger partial charge is 0.480 e. The lowest BCUT2D eigenvalue weighted by atomic mass is 9.99. The van der Waals surface area contributed by atoms with Gasteiger partial charge < -0.3 is 20.6 Å². The summed E-state index contributed by atoms with van der Waals surface area (Å²) in [6.07, 6.45) is 9.40. The number of hydrogen-bond acceptors (Lipinski definition) is 7. The van der Waals surface area contributed by atoms with E-state index in [0.717, 1.165) is 74.7 Å². The first-order chi connectivity index (χ1) is 17.0. The summed E-state index contributed by atoms with van der Waals surface area (Å²) in [7, 11) is 0. The fraction of sp³-hybridized carbons (Fsp3) is 0.615. The van der Waals surface area contributed by atoms with Crippen LogP contribution in [0.2, 0.25) is 0 Å². The number of hydrogen-bond donors (Lipinski definition) is 3. The first-order valence-corrected chi connectivity index (χ1v) is 13.8. The molecule has 9 heteroatoms. The molecule has 8 nitrogen and oxygen atoms in total. The van der Waals surface area contributed by atoms with Gasteiger partial charge in [0.2, 0.25) is 5.91 Å². The molecule has 1 unspecified atom stereocenters. The van der Waals surface area contributed by atoms with E-state index < -0.39 is 12.0 Å². The predicted octanol–water partition coefficient (Wildman–Crippen LogP) is 4.51. The topological polar surface area (TPSA) is 107 Å². The van der Waals surface area contributed by atoms with Crippen molar-refractivity contribution in [1.82, 2.24) is 15.3 Å². The highest BCUT2D eigenvalue weighted by molar-refractivity contribution is 7.13. The van der Waals surface area contributed by atoms with Gasteiger partial charge in [0.05, 0.1) is 0 Å². The van der Waals surface area contributed by atoms with E-state index in [0.29, 0.717) is 19.4 Å². The number of aryl methyl sites for hydroxylation is 2. The van der Waals surface area contributed by atoms with Crippen molar-refractivity contribution in [2.24, 2.45) is 5.92 Å². The van der Waals surface area contributed by atoms with Gasteiger partial charge in [0.15, 0.2) is 5.13 Å². The Labute approximate surface area is 212 Å². The average Bonchev–Trinajstić information content (AvgIpc) is 3.40. The Morgan fingerprint density at radius 3 is 2.77 bits per heavy atom. The van der Waals surface area contributed by atoms with Crippen molar-refractivity contribution in [1.29, 1.82) is 0 Å². The second-order valence-corrected chi connectivity index (χ2v) is 10.1. The van der Waals surface area contributed by atoms with Crippen LogP contribution >= 0.6 is 11.3 Å². The van der Waals surface area contributed by atoms with Gasteiger partial charge in [0, 0.05) is 43.3 Å². The van der Waals surface area contributed by atoms with Crippen molar-refractivity contribution in [3.8, 4) is 0 Å². The van der Waals surface area contributed by atoms with Gasteiger partial charge in [-0.2, -0.15) is 0 Å². The third kappa shape index (κ3) is 8.49.